The van der Waals surface area contributed by atoms with E-state index in [1.807, 2.05) is 0 Å². The molecule has 5 aromatic rings. The number of nitrogens with one attached hydrogen (secondary N) is 4. The number of carbonyl (C=O) groups is 6. The third kappa shape index (κ3) is 9.44. The molecular formula is C39H41N13O9. The van der Waals surface area contributed by atoms with E-state index in [4.69, 9.17) is 19.6 Å². The number of rotatable bonds is 20. The Kier molecular flexibility index (Phi) is 11.9. The van der Waals surface area contributed by atoms with Gasteiger partial charge in [0.2, 0.25) is 17.7 Å². The lowest BCUT2D eigenvalue weighted by molar-refractivity contribution is -0.136. The standard InChI is InChI=1S/C39H41N13O9/c40-34(54)33-27(44-35(55)28-21-61-37(45-28)23-8-9-42-30(16-23)43-17-22-4-5-22)20-51(48-33)19-24-18-50(49-47-24)11-13-60-15-14-59-12-10-41-26-3-1-2-25-32(26)39(58)52(38(25)57)29-6-7-31(53)46-36(29)56/h1-3,8-9,16,18,20-22,29,41H,4-7,10-15,17,19H2,(H2,40,54)(H,42,43)(H,44,55)(H,46,53,56). The fourth-order valence-electron chi connectivity index (χ4n) is 6.79. The molecule has 1 unspecified atom stereocenters. The molecule has 4 aromatic heterocycles. The number of nitrogens with zero attached hydrogens (tertiary/aromatic N) is 8. The summed E-state index contributed by atoms with van der Waals surface area (Å²) < 4.78 is 19.9. The van der Waals surface area contributed by atoms with Crippen LogP contribution in [0.3, 0.4) is 0 Å². The summed E-state index contributed by atoms with van der Waals surface area (Å²) in [6, 6.07) is 7.33. The number of piperidine rings is 1. The van der Waals surface area contributed by atoms with E-state index in [1.54, 1.807) is 41.3 Å². The van der Waals surface area contributed by atoms with Crippen LogP contribution in [0, 0.1) is 5.92 Å². The van der Waals surface area contributed by atoms with E-state index in [0.29, 0.717) is 61.6 Å². The van der Waals surface area contributed by atoms with Crippen LogP contribution < -0.4 is 27.0 Å². The maximum absolute atomic E-state index is 13.3. The molecule has 0 radical (unpaired) electrons. The highest BCUT2D eigenvalue weighted by molar-refractivity contribution is 6.25. The minimum atomic E-state index is -1.04. The maximum Gasteiger partial charge on any atom is 0.277 e. The first kappa shape index (κ1) is 40.4. The SMILES string of the molecule is NC(=O)c1nn(Cc2cn(CCOCCOCCNc3cccc4c3C(=O)N(C3CCC(=O)NC3=O)C4=O)nn2)cc1NC(=O)c1coc(-c2ccnc(NCC3CC3)c2)n1. The molecule has 6 N–H and O–H groups in total. The molecule has 1 aromatic carbocycles. The Labute approximate surface area is 346 Å². The molecule has 61 heavy (non-hydrogen) atoms. The number of ether oxygens (including phenoxy) is 2. The third-order valence-electron chi connectivity index (χ3n) is 10.0. The Morgan fingerprint density at radius 1 is 0.951 bits per heavy atom. The van der Waals surface area contributed by atoms with Crippen molar-refractivity contribution >= 4 is 52.6 Å². The second kappa shape index (κ2) is 17.9. The quantitative estimate of drug-likeness (QED) is 0.0545. The number of hydrogen-bond acceptors (Lipinski definition) is 16. The molecule has 1 saturated carbocycles. The van der Waals surface area contributed by atoms with Crippen molar-refractivity contribution in [2.75, 3.05) is 55.5 Å². The zero-order valence-electron chi connectivity index (χ0n) is 32.7. The molecule has 3 aliphatic rings. The highest BCUT2D eigenvalue weighted by Crippen LogP contribution is 2.33. The van der Waals surface area contributed by atoms with Crippen LogP contribution in [0.25, 0.3) is 11.5 Å². The van der Waals surface area contributed by atoms with Gasteiger partial charge < -0.3 is 35.6 Å². The Bertz CT molecular complexity index is 2490. The first-order valence-corrected chi connectivity index (χ1v) is 19.6. The monoisotopic (exact) mass is 835 g/mol. The van der Waals surface area contributed by atoms with Crippen molar-refractivity contribution in [3.63, 3.8) is 0 Å². The molecule has 0 spiro atoms. The summed E-state index contributed by atoms with van der Waals surface area (Å²) in [6.07, 6.45) is 8.55. The Morgan fingerprint density at radius 3 is 2.59 bits per heavy atom. The molecule has 0 bridgehead atoms. The van der Waals surface area contributed by atoms with Gasteiger partial charge in [0.25, 0.3) is 23.6 Å². The van der Waals surface area contributed by atoms with Crippen LogP contribution in [0.1, 0.15) is 73.1 Å². The van der Waals surface area contributed by atoms with Gasteiger partial charge in [-0.3, -0.25) is 43.7 Å². The van der Waals surface area contributed by atoms with Gasteiger partial charge in [0.05, 0.1) is 62.5 Å². The van der Waals surface area contributed by atoms with Gasteiger partial charge >= 0.3 is 0 Å². The van der Waals surface area contributed by atoms with E-state index in [9.17, 15) is 28.8 Å². The van der Waals surface area contributed by atoms with Gasteiger partial charge in [0.1, 0.15) is 23.8 Å². The van der Waals surface area contributed by atoms with Crippen LogP contribution in [-0.2, 0) is 32.2 Å². The van der Waals surface area contributed by atoms with Gasteiger partial charge in [0.15, 0.2) is 11.4 Å². The lowest BCUT2D eigenvalue weighted by atomic mass is 10.0. The number of oxazole rings is 1. The van der Waals surface area contributed by atoms with E-state index < -0.39 is 41.5 Å². The van der Waals surface area contributed by atoms with E-state index >= 15 is 0 Å². The zero-order valence-corrected chi connectivity index (χ0v) is 32.7. The maximum atomic E-state index is 13.3. The first-order valence-electron chi connectivity index (χ1n) is 19.6. The molecule has 22 heteroatoms. The Hall–Kier alpha value is -7.33. The predicted octanol–water partition coefficient (Wildman–Crippen LogP) is 1.29. The van der Waals surface area contributed by atoms with E-state index in [1.165, 1.54) is 36.0 Å². The molecule has 2 aliphatic heterocycles. The van der Waals surface area contributed by atoms with Crippen LogP contribution in [0.2, 0.25) is 0 Å². The summed E-state index contributed by atoms with van der Waals surface area (Å²) in [5, 5.41) is 23.8. The smallest absolute Gasteiger partial charge is 0.277 e. The number of nitrogens with two attached hydrogens (primary N) is 1. The number of fused-ring (bicyclic) bond motifs is 1. The highest BCUT2D eigenvalue weighted by Gasteiger charge is 2.45. The van der Waals surface area contributed by atoms with Crippen molar-refractivity contribution in [2.45, 2.75) is 44.8 Å². The number of pyridine rings is 1. The van der Waals surface area contributed by atoms with Crippen LogP contribution in [0.4, 0.5) is 17.2 Å². The van der Waals surface area contributed by atoms with Crippen molar-refractivity contribution in [3.05, 3.63) is 83.4 Å². The average Bonchev–Trinajstić information content (AvgIpc) is 3.51. The topological polar surface area (TPSA) is 286 Å². The summed E-state index contributed by atoms with van der Waals surface area (Å²) in [4.78, 5) is 85.1. The second-order valence-electron chi connectivity index (χ2n) is 14.5. The minimum Gasteiger partial charge on any atom is -0.444 e. The minimum absolute atomic E-state index is 0.0109. The Balaban J connectivity index is 0.749. The van der Waals surface area contributed by atoms with Gasteiger partial charge in [-0.25, -0.2) is 14.6 Å². The molecule has 6 heterocycles. The molecule has 22 nitrogen and oxygen atoms in total. The molecule has 8 rings (SSSR count). The number of amides is 6. The number of imide groups is 2. The molecule has 2 fully saturated rings. The summed E-state index contributed by atoms with van der Waals surface area (Å²) in [7, 11) is 0. The van der Waals surface area contributed by atoms with Crippen molar-refractivity contribution in [1.29, 1.82) is 0 Å². The van der Waals surface area contributed by atoms with E-state index in [2.05, 4.69) is 46.6 Å². The summed E-state index contributed by atoms with van der Waals surface area (Å²) in [6.45, 7) is 2.87. The fraction of sp³-hybridized carbons (Fsp3) is 0.359. The number of aromatic nitrogens is 7. The lowest BCUT2D eigenvalue weighted by Gasteiger charge is -2.27. The molecule has 1 saturated heterocycles. The Morgan fingerprint density at radius 2 is 1.79 bits per heavy atom. The number of hydrogen-bond donors (Lipinski definition) is 5. The van der Waals surface area contributed by atoms with E-state index in [0.717, 1.165) is 11.4 Å². The molecule has 316 valence electrons. The van der Waals surface area contributed by atoms with Crippen LogP contribution in [-0.4, -0.2) is 121 Å². The van der Waals surface area contributed by atoms with Crippen LogP contribution >= 0.6 is 0 Å². The van der Waals surface area contributed by atoms with Crippen molar-refractivity contribution in [2.24, 2.45) is 11.7 Å². The zero-order chi connectivity index (χ0) is 42.5. The number of benzene rings is 1. The van der Waals surface area contributed by atoms with Crippen molar-refractivity contribution in [3.8, 4) is 11.5 Å². The third-order valence-corrected chi connectivity index (χ3v) is 10.0. The number of primary amides is 1. The lowest BCUT2D eigenvalue weighted by Crippen LogP contribution is -2.54. The molecule has 6 amide bonds. The summed E-state index contributed by atoms with van der Waals surface area (Å²) >= 11 is 0. The second-order valence-corrected chi connectivity index (χ2v) is 14.5. The van der Waals surface area contributed by atoms with Gasteiger partial charge in [-0.15, -0.1) is 5.10 Å². The highest BCUT2D eigenvalue weighted by atomic mass is 16.5. The largest absolute Gasteiger partial charge is 0.444 e. The van der Waals surface area contributed by atoms with Gasteiger partial charge in [0, 0.05) is 43.2 Å². The normalized spacial score (nSPS) is 16.1. The van der Waals surface area contributed by atoms with E-state index in [-0.39, 0.29) is 60.1 Å². The van der Waals surface area contributed by atoms with Crippen LogP contribution in [0.5, 0.6) is 0 Å². The van der Waals surface area contributed by atoms with Crippen LogP contribution in [0.15, 0.2) is 59.6 Å². The molecular weight excluding hydrogens is 795 g/mol. The van der Waals surface area contributed by atoms with Gasteiger partial charge in [-0.1, -0.05) is 11.3 Å². The summed E-state index contributed by atoms with van der Waals surface area (Å²) in [5.41, 5.74) is 7.47. The first-order chi connectivity index (χ1) is 29.6. The molecule has 1 aliphatic carbocycles. The predicted molar refractivity (Wildman–Crippen MR) is 212 cm³/mol. The molecule has 1 atom stereocenters. The fourth-order valence-corrected chi connectivity index (χ4v) is 6.79. The number of anilines is 3. The van der Waals surface area contributed by atoms with Crippen molar-refractivity contribution < 1.29 is 42.7 Å². The average molecular weight is 836 g/mol. The number of carbonyl (C=O) groups excluding carboxylic acids is 6. The van der Waals surface area contributed by atoms with Gasteiger partial charge in [-0.2, -0.15) is 5.10 Å². The van der Waals surface area contributed by atoms with Crippen molar-refractivity contribution in [1.82, 2.24) is 45.0 Å². The van der Waals surface area contributed by atoms with Gasteiger partial charge in [-0.05, 0) is 49.4 Å². The summed E-state index contributed by atoms with van der Waals surface area (Å²) in [5.74, 6) is -2.15.